The van der Waals surface area contributed by atoms with Gasteiger partial charge in [0.05, 0.1) is 17.8 Å². The lowest BCUT2D eigenvalue weighted by molar-refractivity contribution is 0.114. The average molecular weight is 230 g/mol. The minimum atomic E-state index is -0.472. The molecule has 0 fully saturated rings. The number of aromatic nitrogens is 1. The molecule has 1 rings (SSSR count). The predicted molar refractivity (Wildman–Crippen MR) is 57.8 cm³/mol. The summed E-state index contributed by atoms with van der Waals surface area (Å²) in [5, 5.41) is 2.99. The first kappa shape index (κ1) is 11.7. The van der Waals surface area contributed by atoms with Crippen LogP contribution in [0.4, 0.5) is 10.5 Å². The molecule has 0 spiro atoms. The van der Waals surface area contributed by atoms with Crippen molar-refractivity contribution in [1.82, 2.24) is 10.5 Å². The molecule has 2 N–H and O–H groups in total. The first-order chi connectivity index (χ1) is 7.19. The van der Waals surface area contributed by atoms with Gasteiger partial charge in [0.25, 0.3) is 0 Å². The Balaban J connectivity index is 2.87. The van der Waals surface area contributed by atoms with E-state index in [0.717, 1.165) is 12.0 Å². The van der Waals surface area contributed by atoms with Crippen molar-refractivity contribution in [2.24, 2.45) is 0 Å². The number of anilines is 1. The Labute approximate surface area is 92.7 Å². The van der Waals surface area contributed by atoms with E-state index in [-0.39, 0.29) is 0 Å². The highest BCUT2D eigenvalue weighted by molar-refractivity contribution is 6.33. The largest absolute Gasteiger partial charge is 0.343 e. The van der Waals surface area contributed by atoms with Crippen LogP contribution in [0.3, 0.4) is 0 Å². The summed E-state index contributed by atoms with van der Waals surface area (Å²) in [6.07, 6.45) is 3.87. The van der Waals surface area contributed by atoms with Crippen LogP contribution in [-0.2, 0) is 11.3 Å². The normalized spacial score (nSPS) is 9.80. The van der Waals surface area contributed by atoms with E-state index in [9.17, 15) is 4.79 Å². The van der Waals surface area contributed by atoms with Gasteiger partial charge in [0.15, 0.2) is 0 Å². The summed E-state index contributed by atoms with van der Waals surface area (Å²) in [5.41, 5.74) is 3.57. The number of aryl methyl sites for hydroxylation is 1. The smallest absolute Gasteiger partial charge is 0.304 e. The number of amides is 2. The van der Waals surface area contributed by atoms with Crippen molar-refractivity contribution in [3.8, 4) is 0 Å². The summed E-state index contributed by atoms with van der Waals surface area (Å²) in [5.74, 6) is 0. The van der Waals surface area contributed by atoms with Gasteiger partial charge in [-0.05, 0) is 12.0 Å². The molecule has 1 heterocycles. The van der Waals surface area contributed by atoms with Crippen LogP contribution >= 0.6 is 11.6 Å². The van der Waals surface area contributed by atoms with Crippen LogP contribution in [-0.4, -0.2) is 18.1 Å². The lowest BCUT2D eigenvalue weighted by atomic mass is 10.2. The van der Waals surface area contributed by atoms with Crippen molar-refractivity contribution in [2.75, 3.05) is 12.4 Å². The summed E-state index contributed by atoms with van der Waals surface area (Å²) >= 11 is 5.91. The number of hydroxylamine groups is 1. The first-order valence-corrected chi connectivity index (χ1v) is 4.79. The molecule has 5 nitrogen and oxygen atoms in total. The molecule has 0 aliphatic rings. The van der Waals surface area contributed by atoms with Crippen LogP contribution in [0.1, 0.15) is 12.5 Å². The van der Waals surface area contributed by atoms with Gasteiger partial charge in [0, 0.05) is 12.4 Å². The number of nitrogens with one attached hydrogen (secondary N) is 2. The first-order valence-electron chi connectivity index (χ1n) is 4.41. The molecule has 0 aliphatic carbocycles. The molecule has 0 atom stereocenters. The maximum atomic E-state index is 11.2. The van der Waals surface area contributed by atoms with Crippen molar-refractivity contribution in [1.29, 1.82) is 0 Å². The number of hydrogen-bond acceptors (Lipinski definition) is 3. The van der Waals surface area contributed by atoms with E-state index in [1.165, 1.54) is 13.3 Å². The van der Waals surface area contributed by atoms with Crippen molar-refractivity contribution in [3.05, 3.63) is 23.0 Å². The lowest BCUT2D eigenvalue weighted by Crippen LogP contribution is -2.28. The summed E-state index contributed by atoms with van der Waals surface area (Å²) < 4.78 is 0. The van der Waals surface area contributed by atoms with Gasteiger partial charge < -0.3 is 5.32 Å². The maximum absolute atomic E-state index is 11.2. The summed E-state index contributed by atoms with van der Waals surface area (Å²) in [7, 11) is 1.36. The minimum Gasteiger partial charge on any atom is -0.304 e. The van der Waals surface area contributed by atoms with E-state index in [2.05, 4.69) is 20.6 Å². The number of hydrogen-bond donors (Lipinski definition) is 2. The number of rotatable bonds is 3. The standard InChI is InChI=1S/C9H12ClN3O2/c1-3-6-4-11-5-7(10)8(6)12-9(14)13-15-2/h4-5H,3H2,1-2H3,(H2,11,12,13,14). The molecule has 1 aromatic rings. The van der Waals surface area contributed by atoms with Gasteiger partial charge in [-0.15, -0.1) is 0 Å². The highest BCUT2D eigenvalue weighted by atomic mass is 35.5. The topological polar surface area (TPSA) is 63.2 Å². The number of halogens is 1. The molecule has 2 amide bonds. The van der Waals surface area contributed by atoms with Gasteiger partial charge in [-0.1, -0.05) is 18.5 Å². The molecule has 15 heavy (non-hydrogen) atoms. The third-order valence-electron chi connectivity index (χ3n) is 1.79. The Kier molecular flexibility index (Phi) is 4.33. The number of nitrogens with zero attached hydrogens (tertiary/aromatic N) is 1. The second kappa shape index (κ2) is 5.53. The molecule has 0 radical (unpaired) electrons. The lowest BCUT2D eigenvalue weighted by Gasteiger charge is -2.10. The quantitative estimate of drug-likeness (QED) is 0.779. The monoisotopic (exact) mass is 229 g/mol. The minimum absolute atomic E-state index is 0.403. The average Bonchev–Trinajstić information content (AvgIpc) is 2.21. The van der Waals surface area contributed by atoms with Crippen molar-refractivity contribution in [2.45, 2.75) is 13.3 Å². The molecular weight excluding hydrogens is 218 g/mol. The summed E-state index contributed by atoms with van der Waals surface area (Å²) in [4.78, 5) is 19.6. The fourth-order valence-electron chi connectivity index (χ4n) is 1.11. The number of carbonyl (C=O) groups is 1. The van der Waals surface area contributed by atoms with Gasteiger partial charge in [0.1, 0.15) is 0 Å². The zero-order valence-electron chi connectivity index (χ0n) is 8.50. The third-order valence-corrected chi connectivity index (χ3v) is 2.08. The van der Waals surface area contributed by atoms with Crippen molar-refractivity contribution >= 4 is 23.3 Å². The third kappa shape index (κ3) is 3.07. The highest BCUT2D eigenvalue weighted by Crippen LogP contribution is 2.24. The number of pyridine rings is 1. The van der Waals surface area contributed by atoms with Gasteiger partial charge in [-0.3, -0.25) is 9.82 Å². The Hall–Kier alpha value is -1.33. The van der Waals surface area contributed by atoms with Crippen LogP contribution in [0, 0.1) is 0 Å². The van der Waals surface area contributed by atoms with E-state index < -0.39 is 6.03 Å². The molecule has 0 saturated carbocycles. The van der Waals surface area contributed by atoms with Crippen LogP contribution in [0.5, 0.6) is 0 Å². The molecule has 0 aliphatic heterocycles. The van der Waals surface area contributed by atoms with Gasteiger partial charge in [0.2, 0.25) is 0 Å². The number of carbonyl (C=O) groups excluding carboxylic acids is 1. The van der Waals surface area contributed by atoms with Crippen LogP contribution in [0.15, 0.2) is 12.4 Å². The number of urea groups is 1. The predicted octanol–water partition coefficient (Wildman–Crippen LogP) is 1.98. The van der Waals surface area contributed by atoms with E-state index >= 15 is 0 Å². The van der Waals surface area contributed by atoms with Crippen molar-refractivity contribution in [3.63, 3.8) is 0 Å². The zero-order valence-corrected chi connectivity index (χ0v) is 9.26. The van der Waals surface area contributed by atoms with Crippen molar-refractivity contribution < 1.29 is 9.63 Å². The molecule has 0 bridgehead atoms. The molecule has 0 unspecified atom stereocenters. The summed E-state index contributed by atoms with van der Waals surface area (Å²) in [6, 6.07) is -0.472. The summed E-state index contributed by atoms with van der Waals surface area (Å²) in [6.45, 7) is 1.95. The van der Waals surface area contributed by atoms with E-state index in [1.54, 1.807) is 6.20 Å². The highest BCUT2D eigenvalue weighted by Gasteiger charge is 2.09. The van der Waals surface area contributed by atoms with Gasteiger partial charge >= 0.3 is 6.03 Å². The van der Waals surface area contributed by atoms with E-state index in [4.69, 9.17) is 11.6 Å². The second-order valence-electron chi connectivity index (χ2n) is 2.77. The van der Waals surface area contributed by atoms with Crippen LogP contribution < -0.4 is 10.8 Å². The second-order valence-corrected chi connectivity index (χ2v) is 3.18. The molecule has 0 saturated heterocycles. The van der Waals surface area contributed by atoms with E-state index in [1.807, 2.05) is 6.92 Å². The fraction of sp³-hybridized carbons (Fsp3) is 0.333. The van der Waals surface area contributed by atoms with Gasteiger partial charge in [-0.2, -0.15) is 0 Å². The van der Waals surface area contributed by atoms with Crippen LogP contribution in [0.25, 0.3) is 0 Å². The molecule has 82 valence electrons. The SMILES string of the molecule is CCc1cncc(Cl)c1NC(=O)NOC. The molecular formula is C9H12ClN3O2. The maximum Gasteiger partial charge on any atom is 0.343 e. The Morgan fingerprint density at radius 1 is 1.60 bits per heavy atom. The molecule has 0 aromatic carbocycles. The Morgan fingerprint density at radius 2 is 2.33 bits per heavy atom. The fourth-order valence-corrected chi connectivity index (χ4v) is 1.34. The van der Waals surface area contributed by atoms with Gasteiger partial charge in [-0.25, -0.2) is 10.3 Å². The zero-order chi connectivity index (χ0) is 11.3. The van der Waals surface area contributed by atoms with E-state index in [0.29, 0.717) is 10.7 Å². The van der Waals surface area contributed by atoms with Crippen LogP contribution in [0.2, 0.25) is 5.02 Å². The Morgan fingerprint density at radius 3 is 2.93 bits per heavy atom. The molecule has 1 aromatic heterocycles. The molecule has 6 heteroatoms. The Bertz CT molecular complexity index is 357.